The molecule has 0 amide bonds. The van der Waals surface area contributed by atoms with E-state index in [1.54, 1.807) is 12.1 Å². The minimum atomic E-state index is -0.405. The Morgan fingerprint density at radius 1 is 1.50 bits per heavy atom. The lowest BCUT2D eigenvalue weighted by Gasteiger charge is -2.01. The summed E-state index contributed by atoms with van der Waals surface area (Å²) in [6, 6.07) is 4.95. The van der Waals surface area contributed by atoms with Gasteiger partial charge in [-0.05, 0) is 18.9 Å². The van der Waals surface area contributed by atoms with Crippen LogP contribution in [0.25, 0.3) is 0 Å². The number of hydrogen-bond acceptors (Lipinski definition) is 3. The smallest absolute Gasteiger partial charge is 0.273 e. The normalized spacial score (nSPS) is 10.1. The van der Waals surface area contributed by atoms with E-state index < -0.39 is 4.92 Å². The number of aryl methyl sites for hydroxylation is 1. The number of aliphatic hydroxyl groups excluding tert-OH is 1. The van der Waals surface area contributed by atoms with Gasteiger partial charge in [-0.15, -0.1) is 0 Å². The van der Waals surface area contributed by atoms with E-state index in [9.17, 15) is 10.1 Å². The summed E-state index contributed by atoms with van der Waals surface area (Å²) in [5.74, 6) is 0. The average molecular weight is 260 g/mol. The van der Waals surface area contributed by atoms with Gasteiger partial charge in [-0.2, -0.15) is 0 Å². The second-order valence-corrected chi connectivity index (χ2v) is 3.77. The van der Waals surface area contributed by atoms with Crippen LogP contribution in [-0.4, -0.2) is 16.6 Å². The van der Waals surface area contributed by atoms with Crippen molar-refractivity contribution in [1.82, 2.24) is 0 Å². The maximum atomic E-state index is 10.7. The summed E-state index contributed by atoms with van der Waals surface area (Å²) in [7, 11) is 0. The molecule has 0 aliphatic carbocycles. The van der Waals surface area contributed by atoms with E-state index in [0.29, 0.717) is 22.9 Å². The molecule has 76 valence electrons. The predicted molar refractivity (Wildman–Crippen MR) is 56.2 cm³/mol. The van der Waals surface area contributed by atoms with Crippen LogP contribution in [-0.2, 0) is 6.42 Å². The summed E-state index contributed by atoms with van der Waals surface area (Å²) in [4.78, 5) is 10.3. The van der Waals surface area contributed by atoms with Crippen molar-refractivity contribution < 1.29 is 10.0 Å². The molecule has 0 saturated heterocycles. The van der Waals surface area contributed by atoms with E-state index >= 15 is 0 Å². The van der Waals surface area contributed by atoms with Crippen LogP contribution in [0.1, 0.15) is 12.0 Å². The number of nitro benzene ring substituents is 1. The number of benzene rings is 1. The van der Waals surface area contributed by atoms with Crippen LogP contribution in [0.5, 0.6) is 0 Å². The van der Waals surface area contributed by atoms with Gasteiger partial charge in [0.2, 0.25) is 0 Å². The minimum Gasteiger partial charge on any atom is -0.396 e. The number of nitro groups is 1. The van der Waals surface area contributed by atoms with Crippen molar-refractivity contribution in [1.29, 1.82) is 0 Å². The Labute approximate surface area is 89.8 Å². The van der Waals surface area contributed by atoms with Crippen molar-refractivity contribution in [2.75, 3.05) is 6.61 Å². The summed E-state index contributed by atoms with van der Waals surface area (Å²) in [5.41, 5.74) is 0.764. The van der Waals surface area contributed by atoms with Gasteiger partial charge in [0, 0.05) is 22.7 Å². The molecule has 0 aliphatic heterocycles. The zero-order chi connectivity index (χ0) is 10.6. The topological polar surface area (TPSA) is 63.4 Å². The summed E-state index contributed by atoms with van der Waals surface area (Å²) >= 11 is 3.18. The Morgan fingerprint density at radius 2 is 2.21 bits per heavy atom. The molecule has 0 saturated carbocycles. The molecule has 0 radical (unpaired) electrons. The molecule has 1 aromatic rings. The summed E-state index contributed by atoms with van der Waals surface area (Å²) in [6.45, 7) is 0.0488. The molecular weight excluding hydrogens is 250 g/mol. The van der Waals surface area contributed by atoms with E-state index in [1.165, 1.54) is 6.07 Å². The molecule has 1 N–H and O–H groups in total. The first kappa shape index (κ1) is 11.1. The zero-order valence-corrected chi connectivity index (χ0v) is 9.03. The van der Waals surface area contributed by atoms with Crippen molar-refractivity contribution in [3.63, 3.8) is 0 Å². The van der Waals surface area contributed by atoms with Crippen LogP contribution in [0.4, 0.5) is 5.69 Å². The fraction of sp³-hybridized carbons (Fsp3) is 0.333. The SMILES string of the molecule is O=[N+]([O-])c1cc(Br)ccc1CCCO. The molecule has 4 nitrogen and oxygen atoms in total. The monoisotopic (exact) mass is 259 g/mol. The molecule has 0 aliphatic rings. The average Bonchev–Trinajstić information content (AvgIpc) is 2.15. The third kappa shape index (κ3) is 2.78. The molecule has 0 aromatic heterocycles. The molecule has 0 unspecified atom stereocenters. The van der Waals surface area contributed by atoms with Crippen molar-refractivity contribution in [3.8, 4) is 0 Å². The highest BCUT2D eigenvalue weighted by Gasteiger charge is 2.12. The summed E-state index contributed by atoms with van der Waals surface area (Å²) < 4.78 is 0.692. The van der Waals surface area contributed by atoms with Gasteiger partial charge in [-0.25, -0.2) is 0 Å². The van der Waals surface area contributed by atoms with Crippen molar-refractivity contribution in [2.45, 2.75) is 12.8 Å². The highest BCUT2D eigenvalue weighted by Crippen LogP contribution is 2.24. The van der Waals surface area contributed by atoms with Crippen molar-refractivity contribution in [2.24, 2.45) is 0 Å². The Kier molecular flexibility index (Phi) is 4.03. The van der Waals surface area contributed by atoms with Crippen LogP contribution in [0, 0.1) is 10.1 Å². The number of nitrogens with zero attached hydrogens (tertiary/aromatic N) is 1. The van der Waals surface area contributed by atoms with E-state index in [1.807, 2.05) is 0 Å². The van der Waals surface area contributed by atoms with E-state index in [2.05, 4.69) is 15.9 Å². The fourth-order valence-electron chi connectivity index (χ4n) is 1.19. The largest absolute Gasteiger partial charge is 0.396 e. The fourth-order valence-corrected chi connectivity index (χ4v) is 1.54. The Morgan fingerprint density at radius 3 is 2.79 bits per heavy atom. The number of halogens is 1. The van der Waals surface area contributed by atoms with E-state index in [4.69, 9.17) is 5.11 Å². The molecule has 14 heavy (non-hydrogen) atoms. The first-order chi connectivity index (χ1) is 6.65. The standard InChI is InChI=1S/C9H10BrNO3/c10-8-4-3-7(2-1-5-12)9(6-8)11(13)14/h3-4,6,12H,1-2,5H2. The Balaban J connectivity index is 2.96. The van der Waals surface area contributed by atoms with Gasteiger partial charge in [-0.1, -0.05) is 22.0 Å². The second kappa shape index (κ2) is 5.07. The van der Waals surface area contributed by atoms with Crippen molar-refractivity contribution in [3.05, 3.63) is 38.3 Å². The third-order valence-corrected chi connectivity index (χ3v) is 2.34. The molecule has 0 spiro atoms. The van der Waals surface area contributed by atoms with Crippen molar-refractivity contribution >= 4 is 21.6 Å². The molecular formula is C9H10BrNO3. The summed E-state index contributed by atoms with van der Waals surface area (Å²) in [6.07, 6.45) is 1.07. The molecule has 1 aromatic carbocycles. The molecule has 0 bridgehead atoms. The maximum absolute atomic E-state index is 10.7. The zero-order valence-electron chi connectivity index (χ0n) is 7.44. The first-order valence-corrected chi connectivity index (χ1v) is 4.98. The lowest BCUT2D eigenvalue weighted by Crippen LogP contribution is -1.97. The molecule has 1 rings (SSSR count). The van der Waals surface area contributed by atoms with E-state index in [0.717, 1.165) is 0 Å². The van der Waals surface area contributed by atoms with Gasteiger partial charge < -0.3 is 5.11 Å². The molecule has 0 atom stereocenters. The van der Waals surface area contributed by atoms with Crippen LogP contribution in [0.15, 0.2) is 22.7 Å². The van der Waals surface area contributed by atoms with Crippen LogP contribution >= 0.6 is 15.9 Å². The molecule has 5 heteroatoms. The third-order valence-electron chi connectivity index (χ3n) is 1.85. The van der Waals surface area contributed by atoms with Gasteiger partial charge in [0.25, 0.3) is 5.69 Å². The molecule has 0 fully saturated rings. The quantitative estimate of drug-likeness (QED) is 0.667. The lowest BCUT2D eigenvalue weighted by atomic mass is 10.1. The van der Waals surface area contributed by atoms with Crippen LogP contribution in [0.3, 0.4) is 0 Å². The maximum Gasteiger partial charge on any atom is 0.273 e. The first-order valence-electron chi connectivity index (χ1n) is 4.19. The number of hydrogen-bond donors (Lipinski definition) is 1. The van der Waals surface area contributed by atoms with Gasteiger partial charge in [0.1, 0.15) is 0 Å². The van der Waals surface area contributed by atoms with Crippen LogP contribution < -0.4 is 0 Å². The molecule has 0 heterocycles. The number of rotatable bonds is 4. The van der Waals surface area contributed by atoms with Gasteiger partial charge in [0.05, 0.1) is 4.92 Å². The van der Waals surface area contributed by atoms with Gasteiger partial charge in [0.15, 0.2) is 0 Å². The minimum absolute atomic E-state index is 0.0488. The predicted octanol–water partition coefficient (Wildman–Crippen LogP) is 2.28. The Hall–Kier alpha value is -0.940. The Bertz CT molecular complexity index is 341. The van der Waals surface area contributed by atoms with E-state index in [-0.39, 0.29) is 12.3 Å². The highest BCUT2D eigenvalue weighted by molar-refractivity contribution is 9.10. The second-order valence-electron chi connectivity index (χ2n) is 2.86. The van der Waals surface area contributed by atoms with Crippen LogP contribution in [0.2, 0.25) is 0 Å². The number of aliphatic hydroxyl groups is 1. The highest BCUT2D eigenvalue weighted by atomic mass is 79.9. The van der Waals surface area contributed by atoms with Gasteiger partial charge in [-0.3, -0.25) is 10.1 Å². The summed E-state index contributed by atoms with van der Waals surface area (Å²) in [5, 5.41) is 19.3. The van der Waals surface area contributed by atoms with Gasteiger partial charge >= 0.3 is 0 Å². The lowest BCUT2D eigenvalue weighted by molar-refractivity contribution is -0.385.